The molecule has 1 aromatic heterocycles. The van der Waals surface area contributed by atoms with Crippen LogP contribution in [0.3, 0.4) is 0 Å². The third kappa shape index (κ3) is 4.01. The third-order valence-electron chi connectivity index (χ3n) is 2.71. The summed E-state index contributed by atoms with van der Waals surface area (Å²) in [6, 6.07) is 2.47. The van der Waals surface area contributed by atoms with Crippen LogP contribution in [0.4, 0.5) is 0 Å². The minimum absolute atomic E-state index is 0.261. The van der Waals surface area contributed by atoms with E-state index in [4.69, 9.17) is 5.11 Å². The lowest BCUT2D eigenvalue weighted by atomic mass is 10.1. The number of nitrogens with one attached hydrogen (secondary N) is 1. The van der Waals surface area contributed by atoms with Gasteiger partial charge >= 0.3 is 0 Å². The molecule has 0 saturated carbocycles. The Morgan fingerprint density at radius 1 is 1.60 bits per heavy atom. The van der Waals surface area contributed by atoms with E-state index in [9.17, 15) is 0 Å². The Morgan fingerprint density at radius 3 is 2.93 bits per heavy atom. The topological polar surface area (TPSA) is 50.1 Å². The fourth-order valence-corrected chi connectivity index (χ4v) is 1.66. The Labute approximate surface area is 91.3 Å². The first-order chi connectivity index (χ1) is 7.27. The summed E-state index contributed by atoms with van der Waals surface area (Å²) in [6.07, 6.45) is 4.70. The second-order valence-corrected chi connectivity index (χ2v) is 3.77. The first-order valence-electron chi connectivity index (χ1n) is 5.59. The number of hydrogen-bond acceptors (Lipinski definition) is 3. The molecule has 1 rings (SSSR count). The number of aromatic nitrogens is 2. The van der Waals surface area contributed by atoms with Crippen LogP contribution in [-0.4, -0.2) is 34.1 Å². The molecule has 0 aliphatic rings. The van der Waals surface area contributed by atoms with Crippen LogP contribution in [0.15, 0.2) is 12.3 Å². The standard InChI is InChI=1S/C11H21N3O/c1-3-10(6-9-15)12-7-4-11-5-8-13-14(11)2/h5,8,10,12,15H,3-4,6-7,9H2,1-2H3. The summed E-state index contributed by atoms with van der Waals surface area (Å²) in [5.41, 5.74) is 1.24. The van der Waals surface area contributed by atoms with Crippen molar-refractivity contribution in [2.45, 2.75) is 32.2 Å². The molecule has 2 N–H and O–H groups in total. The van der Waals surface area contributed by atoms with Crippen molar-refractivity contribution in [2.75, 3.05) is 13.2 Å². The van der Waals surface area contributed by atoms with Crippen molar-refractivity contribution >= 4 is 0 Å². The summed E-state index contributed by atoms with van der Waals surface area (Å²) >= 11 is 0. The van der Waals surface area contributed by atoms with E-state index in [0.29, 0.717) is 6.04 Å². The Hall–Kier alpha value is -0.870. The lowest BCUT2D eigenvalue weighted by Gasteiger charge is -2.15. The van der Waals surface area contributed by atoms with Crippen molar-refractivity contribution in [3.05, 3.63) is 18.0 Å². The highest BCUT2D eigenvalue weighted by atomic mass is 16.3. The highest BCUT2D eigenvalue weighted by molar-refractivity contribution is 5.00. The lowest BCUT2D eigenvalue weighted by molar-refractivity contribution is 0.262. The van der Waals surface area contributed by atoms with E-state index in [1.54, 1.807) is 0 Å². The van der Waals surface area contributed by atoms with Gasteiger partial charge in [0.1, 0.15) is 0 Å². The molecule has 0 bridgehead atoms. The molecule has 4 nitrogen and oxygen atoms in total. The number of nitrogens with zero attached hydrogens (tertiary/aromatic N) is 2. The van der Waals surface area contributed by atoms with Gasteiger partial charge in [-0.2, -0.15) is 5.10 Å². The van der Waals surface area contributed by atoms with Gasteiger partial charge in [-0.15, -0.1) is 0 Å². The van der Waals surface area contributed by atoms with Gasteiger partial charge < -0.3 is 10.4 Å². The molecular formula is C11H21N3O. The van der Waals surface area contributed by atoms with Crippen LogP contribution in [0.2, 0.25) is 0 Å². The molecule has 0 aliphatic carbocycles. The predicted molar refractivity (Wildman–Crippen MR) is 60.7 cm³/mol. The van der Waals surface area contributed by atoms with Crippen LogP contribution in [0.25, 0.3) is 0 Å². The van der Waals surface area contributed by atoms with E-state index in [2.05, 4.69) is 17.3 Å². The van der Waals surface area contributed by atoms with Crippen molar-refractivity contribution in [1.29, 1.82) is 0 Å². The largest absolute Gasteiger partial charge is 0.396 e. The number of aliphatic hydroxyl groups excluding tert-OH is 1. The molecule has 0 fully saturated rings. The van der Waals surface area contributed by atoms with Crippen molar-refractivity contribution < 1.29 is 5.11 Å². The van der Waals surface area contributed by atoms with Crippen LogP contribution in [0.1, 0.15) is 25.5 Å². The number of aliphatic hydroxyl groups is 1. The Kier molecular flexibility index (Phi) is 5.36. The van der Waals surface area contributed by atoms with Crippen molar-refractivity contribution in [3.63, 3.8) is 0 Å². The average molecular weight is 211 g/mol. The highest BCUT2D eigenvalue weighted by Crippen LogP contribution is 1.99. The smallest absolute Gasteiger partial charge is 0.0492 e. The van der Waals surface area contributed by atoms with Crippen LogP contribution >= 0.6 is 0 Å². The summed E-state index contributed by atoms with van der Waals surface area (Å²) in [6.45, 7) is 3.34. The quantitative estimate of drug-likeness (QED) is 0.698. The monoisotopic (exact) mass is 211 g/mol. The van der Waals surface area contributed by atoms with Crippen molar-refractivity contribution in [2.24, 2.45) is 7.05 Å². The Morgan fingerprint density at radius 2 is 2.40 bits per heavy atom. The maximum atomic E-state index is 8.84. The zero-order chi connectivity index (χ0) is 11.1. The van der Waals surface area contributed by atoms with E-state index in [-0.39, 0.29) is 6.61 Å². The number of aryl methyl sites for hydroxylation is 1. The third-order valence-corrected chi connectivity index (χ3v) is 2.71. The van der Waals surface area contributed by atoms with Gasteiger partial charge in [-0.3, -0.25) is 4.68 Å². The molecule has 1 atom stereocenters. The molecule has 0 aliphatic heterocycles. The molecule has 0 radical (unpaired) electrons. The summed E-state index contributed by atoms with van der Waals surface area (Å²) in [7, 11) is 1.96. The summed E-state index contributed by atoms with van der Waals surface area (Å²) in [5.74, 6) is 0. The molecule has 1 aromatic rings. The number of rotatable bonds is 7. The van der Waals surface area contributed by atoms with Gasteiger partial charge in [-0.1, -0.05) is 6.92 Å². The number of hydrogen-bond donors (Lipinski definition) is 2. The average Bonchev–Trinajstić information content (AvgIpc) is 2.63. The maximum absolute atomic E-state index is 8.84. The van der Waals surface area contributed by atoms with Gasteiger partial charge in [-0.05, 0) is 18.9 Å². The lowest BCUT2D eigenvalue weighted by Crippen LogP contribution is -2.31. The van der Waals surface area contributed by atoms with Crippen molar-refractivity contribution in [3.8, 4) is 0 Å². The summed E-state index contributed by atoms with van der Waals surface area (Å²) in [4.78, 5) is 0. The molecule has 0 aromatic carbocycles. The fourth-order valence-electron chi connectivity index (χ4n) is 1.66. The molecular weight excluding hydrogens is 190 g/mol. The summed E-state index contributed by atoms with van der Waals surface area (Å²) in [5, 5.41) is 16.4. The molecule has 4 heteroatoms. The highest BCUT2D eigenvalue weighted by Gasteiger charge is 2.04. The minimum atomic E-state index is 0.261. The van der Waals surface area contributed by atoms with Crippen LogP contribution < -0.4 is 5.32 Å². The molecule has 1 unspecified atom stereocenters. The normalized spacial score (nSPS) is 13.0. The SMILES string of the molecule is CCC(CCO)NCCc1ccnn1C. The van der Waals surface area contributed by atoms with Gasteiger partial charge in [0.05, 0.1) is 0 Å². The van der Waals surface area contributed by atoms with E-state index in [1.807, 2.05) is 24.0 Å². The maximum Gasteiger partial charge on any atom is 0.0492 e. The Balaban J connectivity index is 2.23. The van der Waals surface area contributed by atoms with E-state index in [1.165, 1.54) is 5.69 Å². The van der Waals surface area contributed by atoms with Crippen LogP contribution in [-0.2, 0) is 13.5 Å². The Bertz CT molecular complexity index is 273. The molecule has 86 valence electrons. The van der Waals surface area contributed by atoms with Gasteiger partial charge in [0.25, 0.3) is 0 Å². The van der Waals surface area contributed by atoms with E-state index < -0.39 is 0 Å². The van der Waals surface area contributed by atoms with Gasteiger partial charge in [0.15, 0.2) is 0 Å². The van der Waals surface area contributed by atoms with Gasteiger partial charge in [-0.25, -0.2) is 0 Å². The fraction of sp³-hybridized carbons (Fsp3) is 0.727. The molecule has 1 heterocycles. The van der Waals surface area contributed by atoms with Gasteiger partial charge in [0, 0.05) is 44.6 Å². The van der Waals surface area contributed by atoms with Crippen LogP contribution in [0.5, 0.6) is 0 Å². The molecule has 0 saturated heterocycles. The second kappa shape index (κ2) is 6.58. The van der Waals surface area contributed by atoms with E-state index in [0.717, 1.165) is 25.8 Å². The summed E-state index contributed by atoms with van der Waals surface area (Å²) < 4.78 is 1.90. The first-order valence-corrected chi connectivity index (χ1v) is 5.59. The molecule has 0 spiro atoms. The second-order valence-electron chi connectivity index (χ2n) is 3.77. The zero-order valence-corrected chi connectivity index (χ0v) is 9.61. The van der Waals surface area contributed by atoms with E-state index >= 15 is 0 Å². The first kappa shape index (κ1) is 12.2. The van der Waals surface area contributed by atoms with Crippen LogP contribution in [0, 0.1) is 0 Å². The minimum Gasteiger partial charge on any atom is -0.396 e. The van der Waals surface area contributed by atoms with Crippen molar-refractivity contribution in [1.82, 2.24) is 15.1 Å². The molecule has 0 amide bonds. The predicted octanol–water partition coefficient (Wildman–Crippen LogP) is 0.713. The molecule has 15 heavy (non-hydrogen) atoms. The van der Waals surface area contributed by atoms with Gasteiger partial charge in [0.2, 0.25) is 0 Å². The zero-order valence-electron chi connectivity index (χ0n) is 9.61.